The van der Waals surface area contributed by atoms with Gasteiger partial charge in [0.25, 0.3) is 10.2 Å². The number of hydrogen-bond donors (Lipinski definition) is 0. The Kier molecular flexibility index (Phi) is 7.08. The zero-order valence-electron chi connectivity index (χ0n) is 14.2. The van der Waals surface area contributed by atoms with E-state index >= 15 is 0 Å². The molecule has 0 bridgehead atoms. The lowest BCUT2D eigenvalue weighted by Crippen LogP contribution is -2.56. The summed E-state index contributed by atoms with van der Waals surface area (Å²) in [5.74, 6) is 0. The molecular weight excluding hydrogens is 300 g/mol. The summed E-state index contributed by atoms with van der Waals surface area (Å²) in [4.78, 5) is 4.59. The summed E-state index contributed by atoms with van der Waals surface area (Å²) in [5, 5.41) is 0. The minimum atomic E-state index is -3.25. The first-order valence-electron chi connectivity index (χ1n) is 8.70. The van der Waals surface area contributed by atoms with E-state index in [4.69, 9.17) is 0 Å². The van der Waals surface area contributed by atoms with Crippen LogP contribution in [0, 0.1) is 0 Å². The van der Waals surface area contributed by atoms with Crippen molar-refractivity contribution in [3.8, 4) is 0 Å². The number of rotatable bonds is 7. The van der Waals surface area contributed by atoms with Crippen LogP contribution in [-0.2, 0) is 10.2 Å². The summed E-state index contributed by atoms with van der Waals surface area (Å²) in [5.41, 5.74) is 0. The maximum Gasteiger partial charge on any atom is 0.282 e. The summed E-state index contributed by atoms with van der Waals surface area (Å²) in [6.45, 7) is 9.27. The van der Waals surface area contributed by atoms with Crippen molar-refractivity contribution in [2.24, 2.45) is 0 Å². The van der Waals surface area contributed by atoms with Crippen molar-refractivity contribution in [1.82, 2.24) is 18.4 Å². The van der Waals surface area contributed by atoms with Crippen LogP contribution in [0.2, 0.25) is 0 Å². The van der Waals surface area contributed by atoms with E-state index in [1.165, 1.54) is 25.7 Å². The van der Waals surface area contributed by atoms with Crippen molar-refractivity contribution in [3.05, 3.63) is 0 Å². The molecule has 0 aromatic rings. The Balaban J connectivity index is 1.75. The molecule has 130 valence electrons. The largest absolute Gasteiger partial charge is 0.304 e. The minimum Gasteiger partial charge on any atom is -0.304 e. The Morgan fingerprint density at radius 3 is 1.86 bits per heavy atom. The molecule has 0 unspecified atom stereocenters. The van der Waals surface area contributed by atoms with Gasteiger partial charge in [0.2, 0.25) is 0 Å². The van der Waals surface area contributed by atoms with Gasteiger partial charge in [0.15, 0.2) is 0 Å². The van der Waals surface area contributed by atoms with E-state index in [9.17, 15) is 8.42 Å². The van der Waals surface area contributed by atoms with Gasteiger partial charge in [0.05, 0.1) is 0 Å². The summed E-state index contributed by atoms with van der Waals surface area (Å²) < 4.78 is 28.7. The summed E-state index contributed by atoms with van der Waals surface area (Å²) >= 11 is 0. The van der Waals surface area contributed by atoms with Crippen LogP contribution in [0.5, 0.6) is 0 Å². The Hall–Kier alpha value is -0.210. The molecule has 0 radical (unpaired) electrons. The van der Waals surface area contributed by atoms with E-state index in [2.05, 4.69) is 16.7 Å². The van der Waals surface area contributed by atoms with E-state index in [0.717, 1.165) is 32.7 Å². The molecule has 2 aliphatic rings. The van der Waals surface area contributed by atoms with Gasteiger partial charge < -0.3 is 9.80 Å². The third-order valence-electron chi connectivity index (χ3n) is 4.77. The van der Waals surface area contributed by atoms with E-state index < -0.39 is 10.2 Å². The molecular formula is C15H32N4O2S. The SMILES string of the molecule is CCCCCCN1CCN(S(=O)(=O)N2CCN(C)CC2)CC1. The molecule has 2 aliphatic heterocycles. The van der Waals surface area contributed by atoms with Gasteiger partial charge in [-0.15, -0.1) is 0 Å². The molecule has 6 nitrogen and oxygen atoms in total. The van der Waals surface area contributed by atoms with Crippen LogP contribution in [0.4, 0.5) is 0 Å². The van der Waals surface area contributed by atoms with Gasteiger partial charge in [-0.1, -0.05) is 26.2 Å². The van der Waals surface area contributed by atoms with Crippen LogP contribution < -0.4 is 0 Å². The van der Waals surface area contributed by atoms with E-state index in [0.29, 0.717) is 26.2 Å². The molecule has 7 heteroatoms. The second-order valence-electron chi connectivity index (χ2n) is 6.51. The normalized spacial score (nSPS) is 23.9. The predicted molar refractivity (Wildman–Crippen MR) is 90.1 cm³/mol. The van der Waals surface area contributed by atoms with Crippen LogP contribution >= 0.6 is 0 Å². The van der Waals surface area contributed by atoms with Gasteiger partial charge in [-0.05, 0) is 20.0 Å². The monoisotopic (exact) mass is 332 g/mol. The fourth-order valence-electron chi connectivity index (χ4n) is 3.13. The van der Waals surface area contributed by atoms with Crippen LogP contribution in [0.1, 0.15) is 32.6 Å². The third kappa shape index (κ3) is 4.89. The van der Waals surface area contributed by atoms with Gasteiger partial charge in [-0.3, -0.25) is 0 Å². The van der Waals surface area contributed by atoms with Crippen LogP contribution in [0.15, 0.2) is 0 Å². The van der Waals surface area contributed by atoms with Crippen molar-refractivity contribution >= 4 is 10.2 Å². The fourth-order valence-corrected chi connectivity index (χ4v) is 4.70. The molecule has 0 N–H and O–H groups in total. The van der Waals surface area contributed by atoms with Crippen LogP contribution in [0.25, 0.3) is 0 Å². The summed E-state index contributed by atoms with van der Waals surface area (Å²) in [6, 6.07) is 0. The molecule has 2 rings (SSSR count). The average Bonchev–Trinajstić information content (AvgIpc) is 2.52. The molecule has 0 aliphatic carbocycles. The van der Waals surface area contributed by atoms with Crippen molar-refractivity contribution in [1.29, 1.82) is 0 Å². The van der Waals surface area contributed by atoms with Crippen molar-refractivity contribution in [2.45, 2.75) is 32.6 Å². The zero-order chi connectivity index (χ0) is 16.0. The highest BCUT2D eigenvalue weighted by Gasteiger charge is 2.33. The molecule has 0 saturated carbocycles. The summed E-state index contributed by atoms with van der Waals surface area (Å²) in [7, 11) is -1.20. The fraction of sp³-hybridized carbons (Fsp3) is 1.00. The van der Waals surface area contributed by atoms with Crippen molar-refractivity contribution in [2.75, 3.05) is 66.0 Å². The zero-order valence-corrected chi connectivity index (χ0v) is 15.0. The molecule has 0 amide bonds. The van der Waals surface area contributed by atoms with Gasteiger partial charge in [-0.2, -0.15) is 17.0 Å². The maximum atomic E-state index is 12.7. The second-order valence-corrected chi connectivity index (χ2v) is 8.44. The van der Waals surface area contributed by atoms with Gasteiger partial charge in [0.1, 0.15) is 0 Å². The van der Waals surface area contributed by atoms with E-state index in [1.54, 1.807) is 8.61 Å². The first-order chi connectivity index (χ1) is 10.5. The lowest BCUT2D eigenvalue weighted by molar-refractivity contribution is 0.168. The maximum absolute atomic E-state index is 12.7. The Morgan fingerprint density at radius 2 is 1.32 bits per heavy atom. The van der Waals surface area contributed by atoms with Crippen LogP contribution in [0.3, 0.4) is 0 Å². The van der Waals surface area contributed by atoms with Crippen molar-refractivity contribution in [3.63, 3.8) is 0 Å². The van der Waals surface area contributed by atoms with Crippen molar-refractivity contribution < 1.29 is 8.42 Å². The Labute approximate surface area is 136 Å². The Morgan fingerprint density at radius 1 is 0.773 bits per heavy atom. The lowest BCUT2D eigenvalue weighted by Gasteiger charge is -2.39. The molecule has 0 spiro atoms. The Bertz CT molecular complexity index is 413. The smallest absolute Gasteiger partial charge is 0.282 e. The predicted octanol–water partition coefficient (Wildman–Crippen LogP) is 0.677. The highest BCUT2D eigenvalue weighted by atomic mass is 32.2. The average molecular weight is 333 g/mol. The molecule has 0 atom stereocenters. The standard InChI is InChI=1S/C15H32N4O2S/c1-3-4-5-6-7-17-10-14-19(15-11-17)22(20,21)18-12-8-16(2)9-13-18/h3-15H2,1-2H3. The van der Waals surface area contributed by atoms with Gasteiger partial charge in [-0.25, -0.2) is 0 Å². The molecule has 22 heavy (non-hydrogen) atoms. The number of unbranched alkanes of at least 4 members (excludes halogenated alkanes) is 3. The van der Waals surface area contributed by atoms with E-state index in [-0.39, 0.29) is 0 Å². The summed E-state index contributed by atoms with van der Waals surface area (Å²) in [6.07, 6.45) is 5.09. The first-order valence-corrected chi connectivity index (χ1v) is 10.1. The molecule has 2 saturated heterocycles. The number of nitrogens with zero attached hydrogens (tertiary/aromatic N) is 4. The lowest BCUT2D eigenvalue weighted by atomic mass is 10.2. The highest BCUT2D eigenvalue weighted by molar-refractivity contribution is 7.86. The molecule has 0 aromatic heterocycles. The second kappa shape index (κ2) is 8.59. The topological polar surface area (TPSA) is 47.1 Å². The molecule has 2 heterocycles. The molecule has 2 fully saturated rings. The minimum absolute atomic E-state index is 0.621. The highest BCUT2D eigenvalue weighted by Crippen LogP contribution is 2.15. The molecule has 0 aromatic carbocycles. The third-order valence-corrected chi connectivity index (χ3v) is 6.81. The number of hydrogen-bond acceptors (Lipinski definition) is 4. The quantitative estimate of drug-likeness (QED) is 0.643. The number of piperazine rings is 2. The van der Waals surface area contributed by atoms with Gasteiger partial charge >= 0.3 is 0 Å². The van der Waals surface area contributed by atoms with Gasteiger partial charge in [0, 0.05) is 52.4 Å². The number of likely N-dealkylation sites (N-methyl/N-ethyl adjacent to an activating group) is 1. The van der Waals surface area contributed by atoms with Crippen LogP contribution in [-0.4, -0.2) is 92.8 Å². The van der Waals surface area contributed by atoms with E-state index in [1.807, 2.05) is 7.05 Å². The first kappa shape index (κ1) is 18.1.